The maximum absolute atomic E-state index is 12.3. The van der Waals surface area contributed by atoms with Gasteiger partial charge in [-0.25, -0.2) is 4.98 Å². The molecule has 1 heterocycles. The number of carbonyl (C=O) groups is 1. The minimum atomic E-state index is -2.93. The van der Waals surface area contributed by atoms with E-state index in [0.717, 1.165) is 11.3 Å². The van der Waals surface area contributed by atoms with E-state index < -0.39 is 12.5 Å². The Morgan fingerprint density at radius 1 is 1.23 bits per heavy atom. The fraction of sp³-hybridized carbons (Fsp3) is 0.158. The van der Waals surface area contributed by atoms with Crippen LogP contribution in [0.1, 0.15) is 26.4 Å². The number of rotatable bonds is 6. The molecule has 0 aliphatic rings. The topological polar surface area (TPSA) is 51.2 Å². The number of hydrogen-bond donors (Lipinski definition) is 1. The number of alkyl halides is 2. The van der Waals surface area contributed by atoms with Crippen LogP contribution >= 0.6 is 11.3 Å². The Hall–Kier alpha value is -2.80. The van der Waals surface area contributed by atoms with Gasteiger partial charge in [-0.05, 0) is 30.7 Å². The van der Waals surface area contributed by atoms with E-state index in [1.807, 2.05) is 25.1 Å². The number of aromatic nitrogens is 1. The Kier molecular flexibility index (Phi) is 5.58. The molecule has 0 spiro atoms. The van der Waals surface area contributed by atoms with E-state index in [9.17, 15) is 13.6 Å². The molecular weight excluding hydrogens is 358 g/mol. The van der Waals surface area contributed by atoms with E-state index in [0.29, 0.717) is 5.13 Å². The molecule has 7 heteroatoms. The van der Waals surface area contributed by atoms with E-state index in [2.05, 4.69) is 21.1 Å². The molecule has 3 aromatic rings. The van der Waals surface area contributed by atoms with Crippen LogP contribution in [0, 0.1) is 6.92 Å². The lowest BCUT2D eigenvalue weighted by molar-refractivity contribution is -0.0498. The molecule has 0 saturated heterocycles. The van der Waals surface area contributed by atoms with Crippen molar-refractivity contribution in [1.82, 2.24) is 4.98 Å². The van der Waals surface area contributed by atoms with Crippen LogP contribution in [0.2, 0.25) is 0 Å². The number of aryl methyl sites for hydroxylation is 1. The van der Waals surface area contributed by atoms with Gasteiger partial charge in [-0.3, -0.25) is 10.1 Å². The van der Waals surface area contributed by atoms with E-state index in [4.69, 9.17) is 0 Å². The molecule has 2 aromatic carbocycles. The molecule has 0 bridgehead atoms. The van der Waals surface area contributed by atoms with Crippen LogP contribution in [-0.4, -0.2) is 17.5 Å². The van der Waals surface area contributed by atoms with Gasteiger partial charge in [0.15, 0.2) is 5.13 Å². The summed E-state index contributed by atoms with van der Waals surface area (Å²) in [4.78, 5) is 17.5. The van der Waals surface area contributed by atoms with Crippen molar-refractivity contribution in [2.75, 3.05) is 5.32 Å². The average molecular weight is 374 g/mol. The van der Waals surface area contributed by atoms with Crippen LogP contribution in [0.5, 0.6) is 5.75 Å². The molecule has 4 nitrogen and oxygen atoms in total. The summed E-state index contributed by atoms with van der Waals surface area (Å²) in [7, 11) is 0. The first-order valence-corrected chi connectivity index (χ1v) is 8.68. The fourth-order valence-corrected chi connectivity index (χ4v) is 3.29. The summed E-state index contributed by atoms with van der Waals surface area (Å²) in [6.07, 6.45) is 2.45. The van der Waals surface area contributed by atoms with Crippen molar-refractivity contribution in [2.24, 2.45) is 0 Å². The zero-order valence-electron chi connectivity index (χ0n) is 13.9. The Morgan fingerprint density at radius 2 is 2.04 bits per heavy atom. The number of halogens is 2. The molecule has 0 radical (unpaired) electrons. The Bertz CT molecular complexity index is 912. The van der Waals surface area contributed by atoms with Gasteiger partial charge in [0.05, 0.1) is 0 Å². The summed E-state index contributed by atoms with van der Waals surface area (Å²) in [6.45, 7) is -0.898. The summed E-state index contributed by atoms with van der Waals surface area (Å²) in [5, 5.41) is 3.14. The van der Waals surface area contributed by atoms with Crippen molar-refractivity contribution in [3.63, 3.8) is 0 Å². The van der Waals surface area contributed by atoms with Gasteiger partial charge in [0.2, 0.25) is 0 Å². The van der Waals surface area contributed by atoms with E-state index in [1.165, 1.54) is 46.7 Å². The highest BCUT2D eigenvalue weighted by atomic mass is 32.1. The van der Waals surface area contributed by atoms with Crippen molar-refractivity contribution in [3.05, 3.63) is 76.3 Å². The zero-order chi connectivity index (χ0) is 18.5. The number of benzene rings is 2. The third kappa shape index (κ3) is 4.86. The van der Waals surface area contributed by atoms with Gasteiger partial charge in [0, 0.05) is 23.1 Å². The molecule has 0 fully saturated rings. The van der Waals surface area contributed by atoms with Gasteiger partial charge >= 0.3 is 6.61 Å². The van der Waals surface area contributed by atoms with Gasteiger partial charge in [-0.2, -0.15) is 8.78 Å². The molecule has 3 rings (SSSR count). The predicted molar refractivity (Wildman–Crippen MR) is 97.1 cm³/mol. The van der Waals surface area contributed by atoms with Crippen molar-refractivity contribution < 1.29 is 18.3 Å². The minimum Gasteiger partial charge on any atom is -0.435 e. The van der Waals surface area contributed by atoms with Crippen molar-refractivity contribution in [2.45, 2.75) is 20.0 Å². The lowest BCUT2D eigenvalue weighted by atomic mass is 10.1. The summed E-state index contributed by atoms with van der Waals surface area (Å²) in [5.41, 5.74) is 2.58. The predicted octanol–water partition coefficient (Wildman–Crippen LogP) is 4.90. The van der Waals surface area contributed by atoms with E-state index in [1.54, 1.807) is 6.20 Å². The van der Waals surface area contributed by atoms with Gasteiger partial charge in [-0.1, -0.05) is 35.9 Å². The number of nitrogens with zero attached hydrogens (tertiary/aromatic N) is 1. The third-order valence-electron chi connectivity index (χ3n) is 3.56. The largest absolute Gasteiger partial charge is 0.435 e. The van der Waals surface area contributed by atoms with Gasteiger partial charge in [-0.15, -0.1) is 11.3 Å². The van der Waals surface area contributed by atoms with Gasteiger partial charge in [0.25, 0.3) is 5.91 Å². The van der Waals surface area contributed by atoms with Gasteiger partial charge < -0.3 is 4.74 Å². The third-order valence-corrected chi connectivity index (χ3v) is 4.47. The number of hydrogen-bond acceptors (Lipinski definition) is 4. The smallest absolute Gasteiger partial charge is 0.387 e. The number of nitrogens with one attached hydrogen (secondary N) is 1. The maximum atomic E-state index is 12.3. The van der Waals surface area contributed by atoms with E-state index in [-0.39, 0.29) is 11.3 Å². The molecule has 1 amide bonds. The number of amides is 1. The van der Waals surface area contributed by atoms with Crippen LogP contribution in [0.15, 0.2) is 54.7 Å². The highest BCUT2D eigenvalue weighted by molar-refractivity contribution is 7.15. The van der Waals surface area contributed by atoms with Gasteiger partial charge in [0.1, 0.15) is 5.75 Å². The highest BCUT2D eigenvalue weighted by Crippen LogP contribution is 2.23. The number of anilines is 1. The van der Waals surface area contributed by atoms with E-state index >= 15 is 0 Å². The molecule has 0 aliphatic heterocycles. The number of thiazole rings is 1. The second-order valence-corrected chi connectivity index (χ2v) is 6.77. The average Bonchev–Trinajstić information content (AvgIpc) is 3.01. The molecule has 0 unspecified atom stereocenters. The SMILES string of the molecule is Cc1cccc(Cc2cnc(NC(=O)c3cccc(OC(F)F)c3)s2)c1. The lowest BCUT2D eigenvalue weighted by Crippen LogP contribution is -2.12. The molecule has 1 aromatic heterocycles. The lowest BCUT2D eigenvalue weighted by Gasteiger charge is -2.06. The molecule has 134 valence electrons. The van der Waals surface area contributed by atoms with Crippen molar-refractivity contribution in [1.29, 1.82) is 0 Å². The second-order valence-electron chi connectivity index (χ2n) is 5.66. The maximum Gasteiger partial charge on any atom is 0.387 e. The number of carbonyl (C=O) groups excluding carboxylic acids is 1. The molecule has 0 saturated carbocycles. The molecule has 26 heavy (non-hydrogen) atoms. The second kappa shape index (κ2) is 8.05. The van der Waals surface area contributed by atoms with Crippen molar-refractivity contribution >= 4 is 22.4 Å². The fourth-order valence-electron chi connectivity index (χ4n) is 2.45. The normalized spacial score (nSPS) is 10.8. The Labute approximate surface area is 153 Å². The van der Waals surface area contributed by atoms with Crippen LogP contribution in [0.25, 0.3) is 0 Å². The molecular formula is C19H16F2N2O2S. The van der Waals surface area contributed by atoms with Crippen LogP contribution < -0.4 is 10.1 Å². The molecule has 1 N–H and O–H groups in total. The Morgan fingerprint density at radius 3 is 2.81 bits per heavy atom. The highest BCUT2D eigenvalue weighted by Gasteiger charge is 2.12. The summed E-state index contributed by atoms with van der Waals surface area (Å²) >= 11 is 1.38. The Balaban J connectivity index is 1.66. The van der Waals surface area contributed by atoms with Crippen LogP contribution in [-0.2, 0) is 6.42 Å². The first kappa shape index (κ1) is 18.0. The summed E-state index contributed by atoms with van der Waals surface area (Å²) in [5.74, 6) is -0.493. The van der Waals surface area contributed by atoms with Crippen LogP contribution in [0.4, 0.5) is 13.9 Å². The first-order chi connectivity index (χ1) is 12.5. The minimum absolute atomic E-state index is 0.0630. The summed E-state index contributed by atoms with van der Waals surface area (Å²) < 4.78 is 28.9. The first-order valence-electron chi connectivity index (χ1n) is 7.86. The number of ether oxygens (including phenoxy) is 1. The quantitative estimate of drug-likeness (QED) is 0.668. The van der Waals surface area contributed by atoms with Crippen molar-refractivity contribution in [3.8, 4) is 5.75 Å². The monoisotopic (exact) mass is 374 g/mol. The zero-order valence-corrected chi connectivity index (χ0v) is 14.7. The standard InChI is InChI=1S/C19H16F2N2O2S/c1-12-4-2-5-13(8-12)9-16-11-22-19(26-16)23-17(24)14-6-3-7-15(10-14)25-18(20)21/h2-8,10-11,18H,9H2,1H3,(H,22,23,24). The molecule has 0 aliphatic carbocycles. The van der Waals surface area contributed by atoms with Crippen LogP contribution in [0.3, 0.4) is 0 Å². The summed E-state index contributed by atoms with van der Waals surface area (Å²) in [6, 6.07) is 13.8. The molecule has 0 atom stereocenters.